The van der Waals surface area contributed by atoms with E-state index in [0.717, 1.165) is 43.4 Å². The molecule has 0 saturated heterocycles. The molecule has 11 atom stereocenters. The highest BCUT2D eigenvalue weighted by molar-refractivity contribution is 5.70. The second-order valence-corrected chi connectivity index (χ2v) is 19.7. The van der Waals surface area contributed by atoms with Crippen molar-refractivity contribution in [2.24, 2.45) is 56.7 Å². The van der Waals surface area contributed by atoms with E-state index in [-0.39, 0.29) is 29.3 Å². The van der Waals surface area contributed by atoms with Crippen LogP contribution in [0.4, 0.5) is 0 Å². The van der Waals surface area contributed by atoms with Crippen LogP contribution in [0.3, 0.4) is 0 Å². The molecular weight excluding hydrogens is 576 g/mol. The molecule has 0 aromatic carbocycles. The lowest BCUT2D eigenvalue weighted by Crippen LogP contribution is -2.66. The quantitative estimate of drug-likeness (QED) is 0.115. The van der Waals surface area contributed by atoms with Crippen LogP contribution in [0, 0.1) is 56.7 Å². The number of hydrogen-bond acceptors (Lipinski definition) is 3. The molecular formula is C44H76O3. The van der Waals surface area contributed by atoms with Crippen molar-refractivity contribution in [2.75, 3.05) is 0 Å². The number of fused-ring (bicyclic) bond motifs is 7. The molecule has 5 saturated carbocycles. The smallest absolute Gasteiger partial charge is 0.308 e. The fourth-order valence-electron chi connectivity index (χ4n) is 13.9. The van der Waals surface area contributed by atoms with E-state index in [9.17, 15) is 9.90 Å². The third-order valence-corrected chi connectivity index (χ3v) is 16.7. The third kappa shape index (κ3) is 6.81. The maximum Gasteiger partial charge on any atom is 0.308 e. The van der Waals surface area contributed by atoms with Crippen LogP contribution in [0.5, 0.6) is 0 Å². The van der Waals surface area contributed by atoms with Gasteiger partial charge in [0.05, 0.1) is 12.5 Å². The maximum atomic E-state index is 13.2. The van der Waals surface area contributed by atoms with E-state index >= 15 is 0 Å². The van der Waals surface area contributed by atoms with Gasteiger partial charge in [0.25, 0.3) is 0 Å². The first-order chi connectivity index (χ1) is 22.1. The molecule has 0 bridgehead atoms. The van der Waals surface area contributed by atoms with Crippen LogP contribution in [0.25, 0.3) is 0 Å². The van der Waals surface area contributed by atoms with E-state index in [1.807, 2.05) is 0 Å². The highest BCUT2D eigenvalue weighted by atomic mass is 16.5. The third-order valence-electron chi connectivity index (χ3n) is 16.7. The van der Waals surface area contributed by atoms with Crippen molar-refractivity contribution in [3.8, 4) is 0 Å². The Morgan fingerprint density at radius 2 is 1.43 bits per heavy atom. The zero-order chi connectivity index (χ0) is 34.3. The van der Waals surface area contributed by atoms with Gasteiger partial charge < -0.3 is 9.84 Å². The fourth-order valence-corrected chi connectivity index (χ4v) is 13.9. The minimum Gasteiger partial charge on any atom is -0.462 e. The summed E-state index contributed by atoms with van der Waals surface area (Å²) in [6.07, 6.45) is 24.7. The Bertz CT molecular complexity index is 1090. The zero-order valence-corrected chi connectivity index (χ0v) is 32.4. The number of esters is 1. The minimum absolute atomic E-state index is 0.0468. The van der Waals surface area contributed by atoms with E-state index in [0.29, 0.717) is 34.5 Å². The van der Waals surface area contributed by atoms with Crippen molar-refractivity contribution in [3.05, 3.63) is 12.2 Å². The highest BCUT2D eigenvalue weighted by Gasteiger charge is 2.70. The Balaban J connectivity index is 1.17. The van der Waals surface area contributed by atoms with Gasteiger partial charge in [-0.25, -0.2) is 0 Å². The first kappa shape index (κ1) is 37.4. The van der Waals surface area contributed by atoms with Crippen molar-refractivity contribution in [1.29, 1.82) is 0 Å². The molecule has 5 rings (SSSR count). The second kappa shape index (κ2) is 14.4. The van der Waals surface area contributed by atoms with Crippen LogP contribution >= 0.6 is 0 Å². The number of ether oxygens (including phenoxy) is 1. The van der Waals surface area contributed by atoms with Gasteiger partial charge in [-0.15, -0.1) is 0 Å². The van der Waals surface area contributed by atoms with Gasteiger partial charge in [0.1, 0.15) is 6.10 Å². The van der Waals surface area contributed by atoms with Crippen molar-refractivity contribution in [3.63, 3.8) is 0 Å². The number of hydrogen-bond donors (Lipinski definition) is 1. The van der Waals surface area contributed by atoms with Gasteiger partial charge in [-0.05, 0) is 129 Å². The van der Waals surface area contributed by atoms with Crippen molar-refractivity contribution in [1.82, 2.24) is 0 Å². The van der Waals surface area contributed by atoms with Gasteiger partial charge in [-0.3, -0.25) is 4.79 Å². The van der Waals surface area contributed by atoms with E-state index < -0.39 is 6.10 Å². The van der Waals surface area contributed by atoms with Crippen LogP contribution in [0.1, 0.15) is 190 Å². The van der Waals surface area contributed by atoms with Gasteiger partial charge in [-0.1, -0.05) is 118 Å². The largest absolute Gasteiger partial charge is 0.462 e. The SMILES string of the molecule is C=C(C)[C@@H]1CC[C@]2(C)CC[C@]3(C)[C@H](CC[C@@H]4[C@@]5(C)CC[C@H](OC(=O)C[C@H](O)CCCCCCCCCCC)C(C)(C)[C@@H]5CC[C@]43C)[C@@H]12. The number of aliphatic hydroxyl groups excluding tert-OH is 1. The molecule has 5 aliphatic rings. The molecule has 3 nitrogen and oxygen atoms in total. The lowest BCUT2D eigenvalue weighted by molar-refractivity contribution is -0.249. The van der Waals surface area contributed by atoms with E-state index in [1.54, 1.807) is 0 Å². The standard InChI is InChI=1S/C44H76O3/c1-10-11-12-13-14-15-16-17-18-19-32(45)30-38(46)47-37-24-26-42(7)35(40(37,4)5)23-27-44(9)36(42)21-20-34-39-33(31(2)3)22-25-41(39,6)28-29-43(34,44)8/h32-37,39,45H,2,10-30H2,1,3-9H3/t32-,33+,34-,35+,36-,37+,39-,41-,42+,43-,44-/m1/s1. The van der Waals surface area contributed by atoms with Gasteiger partial charge in [-0.2, -0.15) is 0 Å². The van der Waals surface area contributed by atoms with Crippen LogP contribution in [0.2, 0.25) is 0 Å². The summed E-state index contributed by atoms with van der Waals surface area (Å²) in [5.74, 6) is 3.46. The van der Waals surface area contributed by atoms with Gasteiger partial charge in [0.2, 0.25) is 0 Å². The monoisotopic (exact) mass is 653 g/mol. The molecule has 0 aliphatic heterocycles. The maximum absolute atomic E-state index is 13.2. The molecule has 0 aromatic heterocycles. The Morgan fingerprint density at radius 1 is 0.766 bits per heavy atom. The Kier molecular flexibility index (Phi) is 11.5. The summed E-state index contributed by atoms with van der Waals surface area (Å²) in [5, 5.41) is 10.7. The summed E-state index contributed by atoms with van der Waals surface area (Å²) < 4.78 is 6.32. The molecule has 0 heterocycles. The first-order valence-electron chi connectivity index (χ1n) is 20.7. The lowest BCUT2D eigenvalue weighted by atomic mass is 9.32. The van der Waals surface area contributed by atoms with Crippen molar-refractivity contribution < 1.29 is 14.6 Å². The Labute approximate surface area is 291 Å². The highest BCUT2D eigenvalue weighted by Crippen LogP contribution is 2.77. The molecule has 0 amide bonds. The zero-order valence-electron chi connectivity index (χ0n) is 32.4. The first-order valence-corrected chi connectivity index (χ1v) is 20.7. The molecule has 0 aromatic rings. The van der Waals surface area contributed by atoms with E-state index in [2.05, 4.69) is 62.0 Å². The van der Waals surface area contributed by atoms with Crippen LogP contribution in [-0.2, 0) is 9.53 Å². The van der Waals surface area contributed by atoms with Crippen LogP contribution in [0.15, 0.2) is 12.2 Å². The molecule has 0 unspecified atom stereocenters. The molecule has 3 heteroatoms. The molecule has 0 radical (unpaired) electrons. The number of rotatable bonds is 14. The number of carbonyl (C=O) groups is 1. The summed E-state index contributed by atoms with van der Waals surface area (Å²) in [7, 11) is 0. The Morgan fingerprint density at radius 3 is 2.09 bits per heavy atom. The van der Waals surface area contributed by atoms with E-state index in [4.69, 9.17) is 4.74 Å². The van der Waals surface area contributed by atoms with Gasteiger partial charge in [0, 0.05) is 5.41 Å². The topological polar surface area (TPSA) is 46.5 Å². The summed E-state index contributed by atoms with van der Waals surface area (Å²) in [6.45, 7) is 24.7. The summed E-state index contributed by atoms with van der Waals surface area (Å²) in [4.78, 5) is 13.2. The number of allylic oxidation sites excluding steroid dienone is 1. The molecule has 47 heavy (non-hydrogen) atoms. The lowest BCUT2D eigenvalue weighted by Gasteiger charge is -2.73. The molecule has 0 spiro atoms. The van der Waals surface area contributed by atoms with Crippen LogP contribution in [-0.4, -0.2) is 23.3 Å². The summed E-state index contributed by atoms with van der Waals surface area (Å²) >= 11 is 0. The van der Waals surface area contributed by atoms with Crippen molar-refractivity contribution >= 4 is 5.97 Å². The molecule has 270 valence electrons. The van der Waals surface area contributed by atoms with E-state index in [1.165, 1.54) is 102 Å². The van der Waals surface area contributed by atoms with Crippen LogP contribution < -0.4 is 0 Å². The number of aliphatic hydroxyl groups is 1. The second-order valence-electron chi connectivity index (χ2n) is 19.7. The predicted octanol–water partition coefficient (Wildman–Crippen LogP) is 12.2. The minimum atomic E-state index is -0.572. The summed E-state index contributed by atoms with van der Waals surface area (Å²) in [6, 6.07) is 0. The molecule has 5 aliphatic carbocycles. The average Bonchev–Trinajstić information content (AvgIpc) is 3.36. The molecule has 5 fully saturated rings. The Hall–Kier alpha value is -0.830. The fraction of sp³-hybridized carbons (Fsp3) is 0.932. The number of carbonyl (C=O) groups excluding carboxylic acids is 1. The normalized spacial score (nSPS) is 42.8. The predicted molar refractivity (Wildman–Crippen MR) is 197 cm³/mol. The van der Waals surface area contributed by atoms with Crippen molar-refractivity contribution in [2.45, 2.75) is 202 Å². The summed E-state index contributed by atoms with van der Waals surface area (Å²) in [5.41, 5.74) is 2.94. The van der Waals surface area contributed by atoms with Gasteiger partial charge in [0.15, 0.2) is 0 Å². The number of unbranched alkanes of at least 4 members (excludes halogenated alkanes) is 8. The van der Waals surface area contributed by atoms with Gasteiger partial charge >= 0.3 is 5.97 Å². The molecule has 1 N–H and O–H groups in total. The average molecular weight is 653 g/mol.